The number of fused-ring (bicyclic) bond motifs is 2. The van der Waals surface area contributed by atoms with Crippen LogP contribution in [0.3, 0.4) is 0 Å². The van der Waals surface area contributed by atoms with Gasteiger partial charge in [0.1, 0.15) is 0 Å². The van der Waals surface area contributed by atoms with Crippen LogP contribution in [0.5, 0.6) is 5.88 Å². The third-order valence-corrected chi connectivity index (χ3v) is 6.91. The lowest BCUT2D eigenvalue weighted by Gasteiger charge is -2.29. The number of benzene rings is 1. The highest BCUT2D eigenvalue weighted by atomic mass is 19.4. The minimum Gasteiger partial charge on any atom is -0.481 e. The Morgan fingerprint density at radius 2 is 1.95 bits per heavy atom. The van der Waals surface area contributed by atoms with Crippen LogP contribution in [0.1, 0.15) is 50.4 Å². The second-order valence-electron chi connectivity index (χ2n) is 9.28. The lowest BCUT2D eigenvalue weighted by Crippen LogP contribution is -2.35. The molecule has 5 rings (SSSR count). The second kappa shape index (κ2) is 11.5. The van der Waals surface area contributed by atoms with Crippen molar-refractivity contribution in [3.63, 3.8) is 0 Å². The summed E-state index contributed by atoms with van der Waals surface area (Å²) in [4.78, 5) is 28.2. The van der Waals surface area contributed by atoms with Crippen LogP contribution < -0.4 is 4.74 Å². The molecule has 0 radical (unpaired) electrons. The highest BCUT2D eigenvalue weighted by molar-refractivity contribution is 5.96. The molecule has 0 atom stereocenters. The molecule has 8 nitrogen and oxygen atoms in total. The van der Waals surface area contributed by atoms with E-state index >= 15 is 0 Å². The number of alkyl halides is 3. The zero-order chi connectivity index (χ0) is 27.4. The number of Topliss-reactive ketones (excluding diaryl/α,β-unsaturated/α-hetero) is 1. The molecular weight excluding hydrogens is 501 g/mol. The van der Waals surface area contributed by atoms with Gasteiger partial charge in [-0.15, -0.1) is 0 Å². The summed E-state index contributed by atoms with van der Waals surface area (Å²) in [5.41, 5.74) is 4.43. The fourth-order valence-electron chi connectivity index (χ4n) is 4.83. The summed E-state index contributed by atoms with van der Waals surface area (Å²) in [5, 5.41) is 7.24. The van der Waals surface area contributed by atoms with E-state index in [9.17, 15) is 22.8 Å². The van der Waals surface area contributed by atoms with Gasteiger partial charge in [-0.1, -0.05) is 25.1 Å². The molecule has 38 heavy (non-hydrogen) atoms. The molecular formula is C27H31F3N4O4. The number of nitrogens with zero attached hydrogens (tertiary/aromatic N) is 4. The number of rotatable bonds is 4. The van der Waals surface area contributed by atoms with Crippen LogP contribution in [0.15, 0.2) is 30.5 Å². The molecule has 0 N–H and O–H groups in total. The smallest absolute Gasteiger partial charge is 0.449 e. The van der Waals surface area contributed by atoms with Gasteiger partial charge >= 0.3 is 6.18 Å². The molecule has 1 amide bonds. The van der Waals surface area contributed by atoms with Gasteiger partial charge in [-0.3, -0.25) is 14.3 Å². The maximum atomic E-state index is 12.1. The Morgan fingerprint density at radius 3 is 2.55 bits per heavy atom. The molecule has 1 saturated heterocycles. The number of hydrogen-bond donors (Lipinski definition) is 0. The van der Waals surface area contributed by atoms with E-state index in [1.54, 1.807) is 14.0 Å². The van der Waals surface area contributed by atoms with Gasteiger partial charge < -0.3 is 14.4 Å². The summed E-state index contributed by atoms with van der Waals surface area (Å²) in [5.74, 6) is -0.968. The van der Waals surface area contributed by atoms with E-state index in [1.165, 1.54) is 12.6 Å². The third-order valence-electron chi connectivity index (χ3n) is 6.91. The Labute approximate surface area is 218 Å². The molecule has 11 heteroatoms. The van der Waals surface area contributed by atoms with Gasteiger partial charge in [0.05, 0.1) is 18.8 Å². The minimum atomic E-state index is -4.63. The predicted octanol–water partition coefficient (Wildman–Crippen LogP) is 4.89. The van der Waals surface area contributed by atoms with Gasteiger partial charge in [0.25, 0.3) is 0 Å². The number of amides is 1. The van der Waals surface area contributed by atoms with Crippen LogP contribution in [0.25, 0.3) is 22.0 Å². The second-order valence-corrected chi connectivity index (χ2v) is 9.28. The molecule has 1 fully saturated rings. The SMILES string of the molecule is CCC(=O)C(F)(F)F.COc1cc2cccc(-c3nn(C4CCOCC4)c4c3CN(C(C)=O)CC4)c2cn1. The number of pyridine rings is 1. The summed E-state index contributed by atoms with van der Waals surface area (Å²) >= 11 is 0. The Balaban J connectivity index is 0.000000368. The first-order chi connectivity index (χ1) is 18.1. The maximum absolute atomic E-state index is 12.1. The van der Waals surface area contributed by atoms with Crippen molar-refractivity contribution in [2.75, 3.05) is 26.9 Å². The minimum absolute atomic E-state index is 0.106. The quantitative estimate of drug-likeness (QED) is 0.476. The van der Waals surface area contributed by atoms with Crippen molar-refractivity contribution in [1.82, 2.24) is 19.7 Å². The number of methoxy groups -OCH3 is 1. The van der Waals surface area contributed by atoms with Crippen molar-refractivity contribution >= 4 is 22.5 Å². The maximum Gasteiger partial charge on any atom is 0.449 e. The van der Waals surface area contributed by atoms with E-state index in [-0.39, 0.29) is 5.91 Å². The molecule has 0 unspecified atom stereocenters. The summed E-state index contributed by atoms with van der Waals surface area (Å²) in [6.45, 7) is 5.70. The molecule has 204 valence electrons. The molecule has 2 aromatic heterocycles. The molecule has 0 bridgehead atoms. The van der Waals surface area contributed by atoms with Gasteiger partial charge in [-0.05, 0) is 18.2 Å². The predicted molar refractivity (Wildman–Crippen MR) is 135 cm³/mol. The molecule has 3 aromatic rings. The monoisotopic (exact) mass is 532 g/mol. The van der Waals surface area contributed by atoms with E-state index in [0.29, 0.717) is 18.5 Å². The largest absolute Gasteiger partial charge is 0.481 e. The van der Waals surface area contributed by atoms with Crippen molar-refractivity contribution in [3.05, 3.63) is 41.7 Å². The van der Waals surface area contributed by atoms with Crippen LogP contribution in [-0.4, -0.2) is 64.4 Å². The van der Waals surface area contributed by atoms with Gasteiger partial charge in [-0.2, -0.15) is 18.3 Å². The average Bonchev–Trinajstić information content (AvgIpc) is 3.31. The number of carbonyl (C=O) groups is 2. The normalized spacial score (nSPS) is 16.0. The number of hydrogen-bond acceptors (Lipinski definition) is 6. The van der Waals surface area contributed by atoms with Crippen LogP contribution in [0, 0.1) is 0 Å². The Morgan fingerprint density at radius 1 is 1.21 bits per heavy atom. The Kier molecular flexibility index (Phi) is 8.35. The molecule has 2 aliphatic heterocycles. The highest BCUT2D eigenvalue weighted by Gasteiger charge is 2.36. The highest BCUT2D eigenvalue weighted by Crippen LogP contribution is 2.37. The lowest BCUT2D eigenvalue weighted by atomic mass is 9.97. The average molecular weight is 533 g/mol. The van der Waals surface area contributed by atoms with Crippen molar-refractivity contribution in [3.8, 4) is 17.1 Å². The summed E-state index contributed by atoms with van der Waals surface area (Å²) in [6, 6.07) is 8.50. The fourth-order valence-corrected chi connectivity index (χ4v) is 4.83. The van der Waals surface area contributed by atoms with Crippen molar-refractivity contribution in [2.45, 2.75) is 58.3 Å². The van der Waals surface area contributed by atoms with Crippen LogP contribution in [0.4, 0.5) is 13.2 Å². The van der Waals surface area contributed by atoms with E-state index in [4.69, 9.17) is 14.6 Å². The number of halogens is 3. The van der Waals surface area contributed by atoms with Crippen molar-refractivity contribution in [1.29, 1.82) is 0 Å². The molecule has 2 aliphatic rings. The first-order valence-corrected chi connectivity index (χ1v) is 12.6. The van der Waals surface area contributed by atoms with Gasteiger partial charge in [0, 0.05) is 80.5 Å². The van der Waals surface area contributed by atoms with E-state index < -0.39 is 18.4 Å². The molecule has 1 aromatic carbocycles. The molecule has 0 spiro atoms. The van der Waals surface area contributed by atoms with Crippen molar-refractivity contribution in [2.24, 2.45) is 0 Å². The van der Waals surface area contributed by atoms with E-state index in [0.717, 1.165) is 66.6 Å². The lowest BCUT2D eigenvalue weighted by molar-refractivity contribution is -0.170. The van der Waals surface area contributed by atoms with Crippen molar-refractivity contribution < 1.29 is 32.2 Å². The first-order valence-electron chi connectivity index (χ1n) is 12.6. The standard InChI is InChI=1S/C23H26N4O3.C4H5F3O/c1-15(28)26-9-6-21-20(14-26)23(25-27(21)17-7-10-30-11-8-17)18-5-3-4-16-12-22(29-2)24-13-19(16)18;1-2-3(8)4(5,6)7/h3-5,12-13,17H,6-11,14H2,1-2H3;2H2,1H3. The molecule has 0 saturated carbocycles. The summed E-state index contributed by atoms with van der Waals surface area (Å²) in [6.07, 6.45) is -0.472. The Bertz CT molecular complexity index is 1320. The first kappa shape index (κ1) is 27.6. The third kappa shape index (κ3) is 5.82. The topological polar surface area (TPSA) is 86.5 Å². The van der Waals surface area contributed by atoms with Gasteiger partial charge in [-0.25, -0.2) is 4.98 Å². The summed E-state index contributed by atoms with van der Waals surface area (Å²) in [7, 11) is 1.63. The zero-order valence-electron chi connectivity index (χ0n) is 21.7. The summed E-state index contributed by atoms with van der Waals surface area (Å²) < 4.78 is 46.4. The van der Waals surface area contributed by atoms with E-state index in [2.05, 4.69) is 21.8 Å². The van der Waals surface area contributed by atoms with Gasteiger partial charge in [0.15, 0.2) is 0 Å². The Hall–Kier alpha value is -3.47. The fraction of sp³-hybridized carbons (Fsp3) is 0.481. The van der Waals surface area contributed by atoms with Crippen LogP contribution in [0.2, 0.25) is 0 Å². The molecule has 0 aliphatic carbocycles. The van der Waals surface area contributed by atoms with Crippen LogP contribution in [-0.2, 0) is 27.3 Å². The van der Waals surface area contributed by atoms with Gasteiger partial charge in [0.2, 0.25) is 17.6 Å². The molecule has 4 heterocycles. The number of ketones is 1. The number of ether oxygens (including phenoxy) is 2. The van der Waals surface area contributed by atoms with E-state index in [1.807, 2.05) is 23.2 Å². The van der Waals surface area contributed by atoms with Crippen LogP contribution >= 0.6 is 0 Å². The zero-order valence-corrected chi connectivity index (χ0v) is 21.7. The number of carbonyl (C=O) groups excluding carboxylic acids is 2. The number of aromatic nitrogens is 3.